The average Bonchev–Trinajstić information content (AvgIpc) is 2.49. The Labute approximate surface area is 121 Å². The minimum absolute atomic E-state index is 0.0102. The molecule has 0 spiro atoms. The smallest absolute Gasteiger partial charge is 0.241 e. The van der Waals surface area contributed by atoms with E-state index in [9.17, 15) is 4.79 Å². The van der Waals surface area contributed by atoms with E-state index in [1.165, 1.54) is 32.1 Å². The SMILES string of the molecule is CC(C(=O)Nc1ccccc1N)N(C)C1CCCCC1. The molecule has 110 valence electrons. The second kappa shape index (κ2) is 6.75. The van der Waals surface area contributed by atoms with E-state index in [4.69, 9.17) is 5.73 Å². The van der Waals surface area contributed by atoms with E-state index >= 15 is 0 Å². The number of rotatable bonds is 4. The van der Waals surface area contributed by atoms with E-state index in [2.05, 4.69) is 17.3 Å². The summed E-state index contributed by atoms with van der Waals surface area (Å²) in [7, 11) is 2.05. The van der Waals surface area contributed by atoms with Crippen LogP contribution in [-0.2, 0) is 4.79 Å². The quantitative estimate of drug-likeness (QED) is 0.831. The van der Waals surface area contributed by atoms with Gasteiger partial charge in [-0.3, -0.25) is 9.69 Å². The van der Waals surface area contributed by atoms with Gasteiger partial charge in [0, 0.05) is 6.04 Å². The van der Waals surface area contributed by atoms with Crippen molar-refractivity contribution in [1.82, 2.24) is 4.90 Å². The summed E-state index contributed by atoms with van der Waals surface area (Å²) in [5.41, 5.74) is 7.16. The third-order valence-electron chi connectivity index (χ3n) is 4.36. The molecule has 0 radical (unpaired) electrons. The van der Waals surface area contributed by atoms with Gasteiger partial charge in [0.15, 0.2) is 0 Å². The van der Waals surface area contributed by atoms with Gasteiger partial charge in [0.2, 0.25) is 5.91 Å². The molecule has 1 atom stereocenters. The highest BCUT2D eigenvalue weighted by atomic mass is 16.2. The number of carbonyl (C=O) groups excluding carboxylic acids is 1. The average molecular weight is 275 g/mol. The number of nitrogens with one attached hydrogen (secondary N) is 1. The summed E-state index contributed by atoms with van der Waals surface area (Å²) in [5, 5.41) is 2.92. The van der Waals surface area contributed by atoms with Crippen LogP contribution >= 0.6 is 0 Å². The molecule has 2 rings (SSSR count). The highest BCUT2D eigenvalue weighted by molar-refractivity contribution is 5.97. The van der Waals surface area contributed by atoms with Gasteiger partial charge in [0.05, 0.1) is 17.4 Å². The first-order chi connectivity index (χ1) is 9.59. The van der Waals surface area contributed by atoms with Crippen LogP contribution in [0.3, 0.4) is 0 Å². The molecule has 0 bridgehead atoms. The number of carbonyl (C=O) groups is 1. The van der Waals surface area contributed by atoms with Gasteiger partial charge >= 0.3 is 0 Å². The zero-order valence-corrected chi connectivity index (χ0v) is 12.4. The largest absolute Gasteiger partial charge is 0.397 e. The zero-order chi connectivity index (χ0) is 14.5. The lowest BCUT2D eigenvalue weighted by Crippen LogP contribution is -2.46. The summed E-state index contributed by atoms with van der Waals surface area (Å²) >= 11 is 0. The van der Waals surface area contributed by atoms with Gasteiger partial charge in [-0.1, -0.05) is 31.4 Å². The molecule has 1 saturated carbocycles. The maximum absolute atomic E-state index is 12.3. The summed E-state index contributed by atoms with van der Waals surface area (Å²) in [4.78, 5) is 14.5. The first-order valence-electron chi connectivity index (χ1n) is 7.47. The Morgan fingerprint density at radius 2 is 1.95 bits per heavy atom. The molecule has 1 fully saturated rings. The maximum atomic E-state index is 12.3. The number of benzene rings is 1. The van der Waals surface area contributed by atoms with Gasteiger partial charge < -0.3 is 11.1 Å². The second-order valence-corrected chi connectivity index (χ2v) is 5.71. The van der Waals surface area contributed by atoms with E-state index in [1.54, 1.807) is 6.07 Å². The molecule has 1 aliphatic rings. The zero-order valence-electron chi connectivity index (χ0n) is 12.4. The van der Waals surface area contributed by atoms with Crippen molar-refractivity contribution in [2.45, 2.75) is 51.1 Å². The predicted octanol–water partition coefficient (Wildman–Crippen LogP) is 2.86. The molecule has 0 saturated heterocycles. The molecule has 20 heavy (non-hydrogen) atoms. The third kappa shape index (κ3) is 3.51. The molecule has 1 aliphatic carbocycles. The minimum Gasteiger partial charge on any atom is -0.397 e. The number of likely N-dealkylation sites (N-methyl/N-ethyl adjacent to an activating group) is 1. The minimum atomic E-state index is -0.141. The lowest BCUT2D eigenvalue weighted by atomic mass is 9.93. The molecule has 3 N–H and O–H groups in total. The van der Waals surface area contributed by atoms with Crippen LogP contribution < -0.4 is 11.1 Å². The van der Waals surface area contributed by atoms with Crippen LogP contribution in [0.5, 0.6) is 0 Å². The van der Waals surface area contributed by atoms with Gasteiger partial charge in [0.1, 0.15) is 0 Å². The van der Waals surface area contributed by atoms with Crippen LogP contribution in [0.1, 0.15) is 39.0 Å². The summed E-state index contributed by atoms with van der Waals surface area (Å²) in [6.45, 7) is 1.96. The molecule has 1 unspecified atom stereocenters. The number of para-hydroxylation sites is 2. The summed E-state index contributed by atoms with van der Waals surface area (Å²) in [6.07, 6.45) is 6.26. The lowest BCUT2D eigenvalue weighted by molar-refractivity contribution is -0.121. The van der Waals surface area contributed by atoms with E-state index in [0.717, 1.165) is 0 Å². The Bertz CT molecular complexity index is 455. The lowest BCUT2D eigenvalue weighted by Gasteiger charge is -2.34. The van der Waals surface area contributed by atoms with Gasteiger partial charge in [-0.05, 0) is 38.9 Å². The third-order valence-corrected chi connectivity index (χ3v) is 4.36. The number of nitrogens with zero attached hydrogens (tertiary/aromatic N) is 1. The van der Waals surface area contributed by atoms with Crippen LogP contribution in [0.4, 0.5) is 11.4 Å². The second-order valence-electron chi connectivity index (χ2n) is 5.71. The van der Waals surface area contributed by atoms with Crippen molar-refractivity contribution in [2.75, 3.05) is 18.1 Å². The molecular weight excluding hydrogens is 250 g/mol. The molecule has 0 aromatic heterocycles. The first-order valence-corrected chi connectivity index (χ1v) is 7.47. The highest BCUT2D eigenvalue weighted by Gasteiger charge is 2.26. The Hall–Kier alpha value is -1.55. The number of amides is 1. The van der Waals surface area contributed by atoms with Crippen molar-refractivity contribution in [1.29, 1.82) is 0 Å². The van der Waals surface area contributed by atoms with Crippen LogP contribution in [0.2, 0.25) is 0 Å². The normalized spacial score (nSPS) is 17.9. The molecule has 1 aromatic rings. The Kier molecular flexibility index (Phi) is 5.01. The van der Waals surface area contributed by atoms with E-state index < -0.39 is 0 Å². The van der Waals surface area contributed by atoms with Gasteiger partial charge in [-0.15, -0.1) is 0 Å². The Morgan fingerprint density at radius 3 is 2.60 bits per heavy atom. The number of nitrogen functional groups attached to an aromatic ring is 1. The van der Waals surface area contributed by atoms with Crippen molar-refractivity contribution in [2.24, 2.45) is 0 Å². The predicted molar refractivity (Wildman–Crippen MR) is 83.6 cm³/mol. The van der Waals surface area contributed by atoms with Crippen LogP contribution in [0.25, 0.3) is 0 Å². The topological polar surface area (TPSA) is 58.4 Å². The fourth-order valence-electron chi connectivity index (χ4n) is 2.84. The van der Waals surface area contributed by atoms with Crippen molar-refractivity contribution >= 4 is 17.3 Å². The molecule has 1 amide bonds. The van der Waals surface area contributed by atoms with Crippen LogP contribution in [0.15, 0.2) is 24.3 Å². The molecule has 4 heteroatoms. The van der Waals surface area contributed by atoms with Crippen molar-refractivity contribution < 1.29 is 4.79 Å². The molecule has 0 heterocycles. The fourth-order valence-corrected chi connectivity index (χ4v) is 2.84. The summed E-state index contributed by atoms with van der Waals surface area (Å²) in [5.74, 6) is 0.0102. The number of nitrogens with two attached hydrogens (primary N) is 1. The van der Waals surface area contributed by atoms with Gasteiger partial charge in [0.25, 0.3) is 0 Å². The van der Waals surface area contributed by atoms with Gasteiger partial charge in [-0.2, -0.15) is 0 Å². The van der Waals surface area contributed by atoms with E-state index in [1.807, 2.05) is 25.1 Å². The summed E-state index contributed by atoms with van der Waals surface area (Å²) in [6, 6.07) is 7.76. The number of anilines is 2. The van der Waals surface area contributed by atoms with Crippen molar-refractivity contribution in [3.63, 3.8) is 0 Å². The molecular formula is C16H25N3O. The Balaban J connectivity index is 1.96. The fraction of sp³-hybridized carbons (Fsp3) is 0.562. The van der Waals surface area contributed by atoms with Crippen LogP contribution in [0, 0.1) is 0 Å². The van der Waals surface area contributed by atoms with Gasteiger partial charge in [-0.25, -0.2) is 0 Å². The first kappa shape index (κ1) is 14.9. The molecule has 0 aliphatic heterocycles. The van der Waals surface area contributed by atoms with E-state index in [-0.39, 0.29) is 11.9 Å². The monoisotopic (exact) mass is 275 g/mol. The van der Waals surface area contributed by atoms with Crippen molar-refractivity contribution in [3.8, 4) is 0 Å². The molecule has 4 nitrogen and oxygen atoms in total. The van der Waals surface area contributed by atoms with Crippen LogP contribution in [-0.4, -0.2) is 29.9 Å². The standard InChI is InChI=1S/C16H25N3O/c1-12(19(2)13-8-4-3-5-9-13)16(20)18-15-11-7-6-10-14(15)17/h6-7,10-13H,3-5,8-9,17H2,1-2H3,(H,18,20). The Morgan fingerprint density at radius 1 is 1.30 bits per heavy atom. The maximum Gasteiger partial charge on any atom is 0.241 e. The molecule has 1 aromatic carbocycles. The number of hydrogen-bond donors (Lipinski definition) is 2. The highest BCUT2D eigenvalue weighted by Crippen LogP contribution is 2.24. The summed E-state index contributed by atoms with van der Waals surface area (Å²) < 4.78 is 0. The van der Waals surface area contributed by atoms with E-state index in [0.29, 0.717) is 17.4 Å². The van der Waals surface area contributed by atoms with Crippen molar-refractivity contribution in [3.05, 3.63) is 24.3 Å². The number of hydrogen-bond acceptors (Lipinski definition) is 3.